The molecule has 1 N–H and O–H groups in total. The van der Waals surface area contributed by atoms with Gasteiger partial charge in [-0.2, -0.15) is 0 Å². The lowest BCUT2D eigenvalue weighted by Gasteiger charge is -2.27. The molecule has 1 aromatic carbocycles. The topological polar surface area (TPSA) is 35.6 Å². The van der Waals surface area contributed by atoms with Crippen molar-refractivity contribution in [1.82, 2.24) is 15.1 Å². The number of carbonyl (C=O) groups excluding carboxylic acids is 1. The van der Waals surface area contributed by atoms with Crippen LogP contribution in [0.25, 0.3) is 0 Å². The number of halogens is 1. The Labute approximate surface area is 137 Å². The summed E-state index contributed by atoms with van der Waals surface area (Å²) in [6, 6.07) is 5.99. The molecule has 0 aromatic heterocycles. The highest BCUT2D eigenvalue weighted by Crippen LogP contribution is 2.28. The Morgan fingerprint density at radius 1 is 1.30 bits per heavy atom. The lowest BCUT2D eigenvalue weighted by Crippen LogP contribution is -2.45. The van der Waals surface area contributed by atoms with E-state index in [-0.39, 0.29) is 17.9 Å². The van der Waals surface area contributed by atoms with Crippen molar-refractivity contribution in [3.05, 3.63) is 35.1 Å². The third kappa shape index (κ3) is 3.34. The minimum absolute atomic E-state index is 0.0422. The number of nitrogens with one attached hydrogen (secondary N) is 1. The summed E-state index contributed by atoms with van der Waals surface area (Å²) in [6.07, 6.45) is 3.45. The van der Waals surface area contributed by atoms with Crippen LogP contribution in [-0.4, -0.2) is 48.1 Å². The zero-order valence-electron chi connectivity index (χ0n) is 14.2. The quantitative estimate of drug-likeness (QED) is 0.909. The van der Waals surface area contributed by atoms with Crippen LogP contribution in [0.3, 0.4) is 0 Å². The maximum absolute atomic E-state index is 13.7. The monoisotopic (exact) mass is 319 g/mol. The molecular weight excluding hydrogens is 293 g/mol. The van der Waals surface area contributed by atoms with E-state index < -0.39 is 0 Å². The highest BCUT2D eigenvalue weighted by atomic mass is 19.1. The summed E-state index contributed by atoms with van der Waals surface area (Å²) >= 11 is 0. The number of urea groups is 1. The number of nitrogens with zero attached hydrogens (tertiary/aromatic N) is 2. The fraction of sp³-hybridized carbons (Fsp3) is 0.611. The SMILES string of the molecule is Cc1ccc(C(C)NC(=O)N2CCC3CCC(C2)N3C)cc1F. The minimum Gasteiger partial charge on any atom is -0.331 e. The van der Waals surface area contributed by atoms with E-state index in [9.17, 15) is 9.18 Å². The highest BCUT2D eigenvalue weighted by molar-refractivity contribution is 5.74. The molecule has 3 rings (SSSR count). The first-order valence-electron chi connectivity index (χ1n) is 8.49. The maximum Gasteiger partial charge on any atom is 0.317 e. The molecule has 2 bridgehead atoms. The van der Waals surface area contributed by atoms with Crippen molar-refractivity contribution in [2.45, 2.75) is 51.2 Å². The normalized spacial score (nSPS) is 26.0. The Bertz CT molecular complexity index is 592. The second kappa shape index (κ2) is 6.48. The first kappa shape index (κ1) is 16.2. The summed E-state index contributed by atoms with van der Waals surface area (Å²) in [5.41, 5.74) is 1.42. The van der Waals surface area contributed by atoms with Crippen LogP contribution >= 0.6 is 0 Å². The first-order chi connectivity index (χ1) is 11.0. The van der Waals surface area contributed by atoms with Crippen molar-refractivity contribution in [2.24, 2.45) is 0 Å². The molecule has 2 fully saturated rings. The highest BCUT2D eigenvalue weighted by Gasteiger charge is 2.36. The summed E-state index contributed by atoms with van der Waals surface area (Å²) in [7, 11) is 2.17. The number of likely N-dealkylation sites (tertiary alicyclic amines) is 1. The molecule has 2 aliphatic rings. The third-order valence-corrected chi connectivity index (χ3v) is 5.47. The molecular formula is C18H26FN3O. The number of rotatable bonds is 2. The Balaban J connectivity index is 1.63. The first-order valence-corrected chi connectivity index (χ1v) is 8.49. The summed E-state index contributed by atoms with van der Waals surface area (Å²) in [5.74, 6) is -0.225. The van der Waals surface area contributed by atoms with Crippen molar-refractivity contribution in [2.75, 3.05) is 20.1 Å². The smallest absolute Gasteiger partial charge is 0.317 e. The van der Waals surface area contributed by atoms with Gasteiger partial charge in [-0.25, -0.2) is 9.18 Å². The zero-order valence-corrected chi connectivity index (χ0v) is 14.2. The van der Waals surface area contributed by atoms with Gasteiger partial charge in [0.05, 0.1) is 6.04 Å². The van der Waals surface area contributed by atoms with Crippen molar-refractivity contribution in [3.63, 3.8) is 0 Å². The van der Waals surface area contributed by atoms with Gasteiger partial charge >= 0.3 is 6.03 Å². The molecule has 2 amide bonds. The number of amides is 2. The molecule has 4 nitrogen and oxygen atoms in total. The van der Waals surface area contributed by atoms with Gasteiger partial charge in [0.1, 0.15) is 5.82 Å². The average Bonchev–Trinajstić information content (AvgIpc) is 2.74. The van der Waals surface area contributed by atoms with Crippen LogP contribution in [0.2, 0.25) is 0 Å². The summed E-state index contributed by atoms with van der Waals surface area (Å²) in [4.78, 5) is 16.9. The van der Waals surface area contributed by atoms with Gasteiger partial charge in [-0.05, 0) is 57.4 Å². The predicted molar refractivity (Wildman–Crippen MR) is 88.8 cm³/mol. The fourth-order valence-corrected chi connectivity index (χ4v) is 3.73. The van der Waals surface area contributed by atoms with Gasteiger partial charge in [0, 0.05) is 25.2 Å². The Morgan fingerprint density at radius 3 is 2.78 bits per heavy atom. The van der Waals surface area contributed by atoms with E-state index in [1.54, 1.807) is 13.0 Å². The second-order valence-corrected chi connectivity index (χ2v) is 6.96. The number of hydrogen-bond donors (Lipinski definition) is 1. The van der Waals surface area contributed by atoms with E-state index in [1.165, 1.54) is 18.9 Å². The van der Waals surface area contributed by atoms with E-state index in [1.807, 2.05) is 17.9 Å². The van der Waals surface area contributed by atoms with E-state index in [0.29, 0.717) is 17.6 Å². The summed E-state index contributed by atoms with van der Waals surface area (Å²) < 4.78 is 13.7. The van der Waals surface area contributed by atoms with Gasteiger partial charge in [0.15, 0.2) is 0 Å². The number of aryl methyl sites for hydroxylation is 1. The van der Waals surface area contributed by atoms with Crippen LogP contribution in [0.4, 0.5) is 9.18 Å². The molecule has 3 atom stereocenters. The molecule has 2 aliphatic heterocycles. The van der Waals surface area contributed by atoms with Crippen molar-refractivity contribution in [1.29, 1.82) is 0 Å². The number of hydrogen-bond acceptors (Lipinski definition) is 2. The number of carbonyl (C=O) groups is 1. The second-order valence-electron chi connectivity index (χ2n) is 6.96. The largest absolute Gasteiger partial charge is 0.331 e. The maximum atomic E-state index is 13.7. The van der Waals surface area contributed by atoms with Crippen molar-refractivity contribution >= 4 is 6.03 Å². The van der Waals surface area contributed by atoms with E-state index in [2.05, 4.69) is 17.3 Å². The average molecular weight is 319 g/mol. The van der Waals surface area contributed by atoms with Gasteiger partial charge in [0.25, 0.3) is 0 Å². The van der Waals surface area contributed by atoms with E-state index in [4.69, 9.17) is 0 Å². The van der Waals surface area contributed by atoms with Crippen LogP contribution in [0.1, 0.15) is 43.4 Å². The van der Waals surface area contributed by atoms with Crippen LogP contribution in [0, 0.1) is 12.7 Å². The number of likely N-dealkylation sites (N-methyl/N-ethyl adjacent to an activating group) is 1. The van der Waals surface area contributed by atoms with Gasteiger partial charge in [-0.3, -0.25) is 4.90 Å². The minimum atomic E-state index is -0.225. The lowest BCUT2D eigenvalue weighted by atomic mass is 10.1. The standard InChI is InChI=1S/C18H26FN3O/c1-12-4-5-14(10-17(12)19)13(2)20-18(23)22-9-8-15-6-7-16(11-22)21(15)3/h4-5,10,13,15-16H,6-9,11H2,1-3H3,(H,20,23). The molecule has 23 heavy (non-hydrogen) atoms. The van der Waals surface area contributed by atoms with Crippen molar-refractivity contribution < 1.29 is 9.18 Å². The molecule has 0 saturated carbocycles. The molecule has 0 aliphatic carbocycles. The molecule has 5 heteroatoms. The lowest BCUT2D eigenvalue weighted by molar-refractivity contribution is 0.185. The van der Waals surface area contributed by atoms with Crippen LogP contribution in [-0.2, 0) is 0 Å². The van der Waals surface area contributed by atoms with Gasteiger partial charge in [0.2, 0.25) is 0 Å². The summed E-state index contributed by atoms with van der Waals surface area (Å²) in [6.45, 7) is 5.23. The van der Waals surface area contributed by atoms with E-state index in [0.717, 1.165) is 25.1 Å². The Morgan fingerprint density at radius 2 is 2.04 bits per heavy atom. The molecule has 0 spiro atoms. The van der Waals surface area contributed by atoms with Gasteiger partial charge in [-0.15, -0.1) is 0 Å². The van der Waals surface area contributed by atoms with E-state index >= 15 is 0 Å². The third-order valence-electron chi connectivity index (χ3n) is 5.47. The molecule has 0 radical (unpaired) electrons. The number of fused-ring (bicyclic) bond motifs is 2. The molecule has 2 saturated heterocycles. The zero-order chi connectivity index (χ0) is 16.6. The molecule has 3 unspecified atom stereocenters. The van der Waals surface area contributed by atoms with Crippen LogP contribution in [0.15, 0.2) is 18.2 Å². The van der Waals surface area contributed by atoms with Crippen LogP contribution in [0.5, 0.6) is 0 Å². The predicted octanol–water partition coefficient (Wildman–Crippen LogP) is 3.07. The molecule has 126 valence electrons. The van der Waals surface area contributed by atoms with Gasteiger partial charge < -0.3 is 10.2 Å². The molecule has 1 aromatic rings. The van der Waals surface area contributed by atoms with Crippen molar-refractivity contribution in [3.8, 4) is 0 Å². The molecule has 2 heterocycles. The Kier molecular flexibility index (Phi) is 4.57. The van der Waals surface area contributed by atoms with Gasteiger partial charge in [-0.1, -0.05) is 12.1 Å². The van der Waals surface area contributed by atoms with Crippen LogP contribution < -0.4 is 5.32 Å². The Hall–Kier alpha value is -1.62. The number of benzene rings is 1. The fourth-order valence-electron chi connectivity index (χ4n) is 3.73. The summed E-state index contributed by atoms with van der Waals surface area (Å²) in [5, 5.41) is 3.02.